The maximum absolute atomic E-state index is 13.2. The molecule has 0 aliphatic heterocycles. The third kappa shape index (κ3) is 4.76. The molecule has 0 aromatic heterocycles. The van der Waals surface area contributed by atoms with Crippen LogP contribution in [0.15, 0.2) is 18.2 Å². The van der Waals surface area contributed by atoms with Gasteiger partial charge in [0.05, 0.1) is 0 Å². The van der Waals surface area contributed by atoms with E-state index in [9.17, 15) is 9.18 Å². The largest absolute Gasteiger partial charge is 0.352 e. The fraction of sp³-hybridized carbons (Fsp3) is 0.533. The number of rotatable bonds is 3. The molecule has 2 rings (SSSR count). The van der Waals surface area contributed by atoms with E-state index in [0.717, 1.165) is 31.2 Å². The Morgan fingerprint density at radius 1 is 1.40 bits per heavy atom. The molecule has 1 aromatic carbocycles. The zero-order valence-corrected chi connectivity index (χ0v) is 12.5. The molecule has 1 aliphatic rings. The van der Waals surface area contributed by atoms with Crippen molar-refractivity contribution in [1.29, 1.82) is 0 Å². The van der Waals surface area contributed by atoms with E-state index >= 15 is 0 Å². The molecule has 0 radical (unpaired) electrons. The van der Waals surface area contributed by atoms with Crippen LogP contribution in [-0.4, -0.2) is 18.5 Å². The van der Waals surface area contributed by atoms with E-state index < -0.39 is 0 Å². The van der Waals surface area contributed by atoms with Gasteiger partial charge in [-0.3, -0.25) is 4.79 Å². The fourth-order valence-corrected chi connectivity index (χ4v) is 2.72. The number of carbonyl (C=O) groups is 1. The minimum atomic E-state index is -0.371. The van der Waals surface area contributed by atoms with E-state index in [2.05, 4.69) is 5.32 Å². The molecule has 1 amide bonds. The van der Waals surface area contributed by atoms with Gasteiger partial charge in [0.1, 0.15) is 5.82 Å². The van der Waals surface area contributed by atoms with Crippen LogP contribution >= 0.6 is 12.4 Å². The second-order valence-corrected chi connectivity index (χ2v) is 5.52. The highest BCUT2D eigenvalue weighted by Gasteiger charge is 2.19. The fourth-order valence-electron chi connectivity index (χ4n) is 2.72. The normalized spacial score (nSPS) is 21.9. The number of halogens is 2. The van der Waals surface area contributed by atoms with Gasteiger partial charge in [0.15, 0.2) is 0 Å². The van der Waals surface area contributed by atoms with Crippen molar-refractivity contribution >= 4 is 18.3 Å². The minimum absolute atomic E-state index is 0. The van der Waals surface area contributed by atoms with E-state index in [-0.39, 0.29) is 30.2 Å². The van der Waals surface area contributed by atoms with Gasteiger partial charge >= 0.3 is 0 Å². The first-order valence-electron chi connectivity index (χ1n) is 6.85. The Morgan fingerprint density at radius 2 is 2.15 bits per heavy atom. The van der Waals surface area contributed by atoms with Gasteiger partial charge < -0.3 is 11.1 Å². The van der Waals surface area contributed by atoms with Crippen LogP contribution in [0.25, 0.3) is 0 Å². The van der Waals surface area contributed by atoms with Crippen molar-refractivity contribution in [2.24, 2.45) is 11.7 Å². The standard InChI is InChI=1S/C15H21FN2O.ClH/c1-10-5-12(8-13(16)6-10)15(19)18-9-11-3-2-4-14(17)7-11;/h5-6,8,11,14H,2-4,7,9,17H2,1H3,(H,18,19);1H. The molecule has 112 valence electrons. The summed E-state index contributed by atoms with van der Waals surface area (Å²) in [5.41, 5.74) is 7.06. The highest BCUT2D eigenvalue weighted by Crippen LogP contribution is 2.22. The molecule has 1 aromatic rings. The molecule has 3 nitrogen and oxygen atoms in total. The summed E-state index contributed by atoms with van der Waals surface area (Å²) in [4.78, 5) is 12.0. The van der Waals surface area contributed by atoms with Crippen molar-refractivity contribution in [3.05, 3.63) is 35.1 Å². The molecule has 20 heavy (non-hydrogen) atoms. The van der Waals surface area contributed by atoms with Crippen LogP contribution in [0.4, 0.5) is 4.39 Å². The summed E-state index contributed by atoms with van der Waals surface area (Å²) in [5, 5.41) is 2.88. The topological polar surface area (TPSA) is 55.1 Å². The Kier molecular flexibility index (Phi) is 6.43. The van der Waals surface area contributed by atoms with Gasteiger partial charge in [-0.25, -0.2) is 4.39 Å². The quantitative estimate of drug-likeness (QED) is 0.902. The van der Waals surface area contributed by atoms with E-state index in [1.807, 2.05) is 0 Å². The van der Waals surface area contributed by atoms with Gasteiger partial charge in [-0.05, 0) is 55.9 Å². The zero-order chi connectivity index (χ0) is 13.8. The number of hydrogen-bond acceptors (Lipinski definition) is 2. The number of nitrogens with one attached hydrogen (secondary N) is 1. The third-order valence-corrected chi connectivity index (χ3v) is 3.68. The Bertz CT molecular complexity index is 447. The second kappa shape index (κ2) is 7.60. The molecule has 0 spiro atoms. The lowest BCUT2D eigenvalue weighted by molar-refractivity contribution is 0.0942. The second-order valence-electron chi connectivity index (χ2n) is 5.52. The van der Waals surface area contributed by atoms with Gasteiger partial charge in [-0.1, -0.05) is 6.42 Å². The molecule has 0 bridgehead atoms. The molecule has 0 heterocycles. The lowest BCUT2D eigenvalue weighted by Gasteiger charge is -2.26. The summed E-state index contributed by atoms with van der Waals surface area (Å²) in [6.45, 7) is 2.40. The Labute approximate surface area is 125 Å². The van der Waals surface area contributed by atoms with Crippen LogP contribution in [0.1, 0.15) is 41.6 Å². The summed E-state index contributed by atoms with van der Waals surface area (Å²) in [6, 6.07) is 4.64. The van der Waals surface area contributed by atoms with E-state index in [4.69, 9.17) is 5.73 Å². The van der Waals surface area contributed by atoms with Crippen LogP contribution in [0.5, 0.6) is 0 Å². The van der Waals surface area contributed by atoms with Gasteiger partial charge in [0.25, 0.3) is 5.91 Å². The smallest absolute Gasteiger partial charge is 0.251 e. The lowest BCUT2D eigenvalue weighted by atomic mass is 9.86. The average molecular weight is 301 g/mol. The molecule has 0 saturated heterocycles. The molecular weight excluding hydrogens is 279 g/mol. The van der Waals surface area contributed by atoms with Crippen LogP contribution in [0.2, 0.25) is 0 Å². The molecule has 1 saturated carbocycles. The van der Waals surface area contributed by atoms with Gasteiger partial charge in [0.2, 0.25) is 0 Å². The van der Waals surface area contributed by atoms with Gasteiger partial charge in [0, 0.05) is 18.2 Å². The molecule has 1 fully saturated rings. The average Bonchev–Trinajstić information content (AvgIpc) is 2.35. The van der Waals surface area contributed by atoms with Crippen LogP contribution < -0.4 is 11.1 Å². The van der Waals surface area contributed by atoms with Crippen molar-refractivity contribution in [1.82, 2.24) is 5.32 Å². The molecule has 2 unspecified atom stereocenters. The van der Waals surface area contributed by atoms with Gasteiger partial charge in [-0.2, -0.15) is 0 Å². The first-order valence-corrected chi connectivity index (χ1v) is 6.85. The number of hydrogen-bond donors (Lipinski definition) is 2. The monoisotopic (exact) mass is 300 g/mol. The zero-order valence-electron chi connectivity index (χ0n) is 11.7. The van der Waals surface area contributed by atoms with Crippen LogP contribution in [-0.2, 0) is 0 Å². The summed E-state index contributed by atoms with van der Waals surface area (Å²) in [5.74, 6) is -0.131. The lowest BCUT2D eigenvalue weighted by Crippen LogP contribution is -2.35. The van der Waals surface area contributed by atoms with Crippen molar-refractivity contribution in [2.75, 3.05) is 6.54 Å². The number of aryl methyl sites for hydroxylation is 1. The number of benzene rings is 1. The molecular formula is C15H22ClFN2O. The third-order valence-electron chi connectivity index (χ3n) is 3.68. The number of carbonyl (C=O) groups excluding carboxylic acids is 1. The van der Waals surface area contributed by atoms with Crippen molar-refractivity contribution < 1.29 is 9.18 Å². The summed E-state index contributed by atoms with van der Waals surface area (Å²) >= 11 is 0. The summed E-state index contributed by atoms with van der Waals surface area (Å²) in [6.07, 6.45) is 4.27. The molecule has 1 aliphatic carbocycles. The van der Waals surface area contributed by atoms with E-state index in [1.54, 1.807) is 13.0 Å². The maximum atomic E-state index is 13.2. The van der Waals surface area contributed by atoms with E-state index in [1.165, 1.54) is 12.1 Å². The Morgan fingerprint density at radius 3 is 2.80 bits per heavy atom. The van der Waals surface area contributed by atoms with E-state index in [0.29, 0.717) is 18.0 Å². The number of amides is 1. The predicted octanol–water partition coefficient (Wildman–Crippen LogP) is 2.80. The maximum Gasteiger partial charge on any atom is 0.251 e. The molecule has 3 N–H and O–H groups in total. The summed E-state index contributed by atoms with van der Waals surface area (Å²) in [7, 11) is 0. The Balaban J connectivity index is 0.00000200. The minimum Gasteiger partial charge on any atom is -0.352 e. The molecule has 5 heteroatoms. The first-order chi connectivity index (χ1) is 9.04. The van der Waals surface area contributed by atoms with Crippen molar-refractivity contribution in [3.8, 4) is 0 Å². The van der Waals surface area contributed by atoms with Gasteiger partial charge in [-0.15, -0.1) is 12.4 Å². The van der Waals surface area contributed by atoms with Crippen molar-refractivity contribution in [2.45, 2.75) is 38.6 Å². The Hall–Kier alpha value is -1.13. The van der Waals surface area contributed by atoms with Crippen molar-refractivity contribution in [3.63, 3.8) is 0 Å². The summed E-state index contributed by atoms with van der Waals surface area (Å²) < 4.78 is 13.2. The first kappa shape index (κ1) is 16.9. The van der Waals surface area contributed by atoms with Crippen LogP contribution in [0, 0.1) is 18.7 Å². The SMILES string of the molecule is Cc1cc(F)cc(C(=O)NCC2CCCC(N)C2)c1.Cl. The number of nitrogens with two attached hydrogens (primary N) is 1. The molecule has 2 atom stereocenters. The highest BCUT2D eigenvalue weighted by atomic mass is 35.5. The predicted molar refractivity (Wildman–Crippen MR) is 80.7 cm³/mol. The highest BCUT2D eigenvalue weighted by molar-refractivity contribution is 5.94. The van der Waals surface area contributed by atoms with Crippen LogP contribution in [0.3, 0.4) is 0 Å².